The second kappa shape index (κ2) is 5.40. The first-order valence-electron chi connectivity index (χ1n) is 7.89. The smallest absolute Gasteiger partial charge is 0.122 e. The minimum absolute atomic E-state index is 0.254. The van der Waals surface area contributed by atoms with Gasteiger partial charge in [-0.25, -0.2) is 0 Å². The molecule has 1 unspecified atom stereocenters. The Kier molecular flexibility index (Phi) is 3.79. The lowest BCUT2D eigenvalue weighted by molar-refractivity contribution is 0.110. The van der Waals surface area contributed by atoms with Crippen molar-refractivity contribution in [2.24, 2.45) is 5.92 Å². The molecule has 0 radical (unpaired) electrons. The molecule has 1 atom stereocenters. The van der Waals surface area contributed by atoms with Crippen LogP contribution in [-0.4, -0.2) is 60.6 Å². The third kappa shape index (κ3) is 3.10. The van der Waals surface area contributed by atoms with Crippen LogP contribution < -0.4 is 5.32 Å². The quantitative estimate of drug-likeness (QED) is 0.777. The Bertz CT molecular complexity index is 348. The van der Waals surface area contributed by atoms with Gasteiger partial charge in [0.25, 0.3) is 0 Å². The second-order valence-corrected chi connectivity index (χ2v) is 6.49. The van der Waals surface area contributed by atoms with Crippen molar-refractivity contribution in [2.45, 2.75) is 44.2 Å². The van der Waals surface area contributed by atoms with Crippen molar-refractivity contribution in [1.82, 2.24) is 15.1 Å². The molecule has 0 bridgehead atoms. The van der Waals surface area contributed by atoms with Crippen molar-refractivity contribution < 1.29 is 0 Å². The van der Waals surface area contributed by atoms with Crippen LogP contribution in [0, 0.1) is 17.2 Å². The third-order valence-corrected chi connectivity index (χ3v) is 4.90. The maximum Gasteiger partial charge on any atom is 0.122 e. The molecule has 1 heterocycles. The van der Waals surface area contributed by atoms with Crippen LogP contribution in [0.4, 0.5) is 0 Å². The van der Waals surface area contributed by atoms with Gasteiger partial charge in [-0.3, -0.25) is 10.2 Å². The summed E-state index contributed by atoms with van der Waals surface area (Å²) >= 11 is 0. The number of likely N-dealkylation sites (N-methyl/N-ethyl adjacent to an activating group) is 1. The minimum Gasteiger partial charge on any atom is -0.301 e. The third-order valence-electron chi connectivity index (χ3n) is 4.90. The van der Waals surface area contributed by atoms with E-state index in [0.717, 1.165) is 39.3 Å². The molecule has 0 aromatic rings. The van der Waals surface area contributed by atoms with Crippen LogP contribution in [0.2, 0.25) is 0 Å². The van der Waals surface area contributed by atoms with Gasteiger partial charge in [0.15, 0.2) is 0 Å². The zero-order valence-corrected chi connectivity index (χ0v) is 12.1. The summed E-state index contributed by atoms with van der Waals surface area (Å²) in [5.41, 5.74) is -0.254. The van der Waals surface area contributed by atoms with Gasteiger partial charge in [0.05, 0.1) is 6.07 Å². The van der Waals surface area contributed by atoms with E-state index in [4.69, 9.17) is 0 Å². The Labute approximate surface area is 116 Å². The summed E-state index contributed by atoms with van der Waals surface area (Å²) in [5.74, 6) is 0.599. The molecule has 4 nitrogen and oxygen atoms in total. The van der Waals surface area contributed by atoms with Gasteiger partial charge in [-0.2, -0.15) is 5.26 Å². The molecule has 0 aromatic heterocycles. The van der Waals surface area contributed by atoms with E-state index in [2.05, 4.69) is 28.1 Å². The standard InChI is InChI=1S/C15H26N4/c1-2-18-7-9-19(10-8-18)12-15(11-16,13-3-4-13)17-14-5-6-14/h13-14,17H,2-10,12H2,1H3. The highest BCUT2D eigenvalue weighted by atomic mass is 15.3. The summed E-state index contributed by atoms with van der Waals surface area (Å²) in [6.07, 6.45) is 5.00. The normalized spacial score (nSPS) is 28.8. The van der Waals surface area contributed by atoms with Crippen molar-refractivity contribution in [3.05, 3.63) is 0 Å². The van der Waals surface area contributed by atoms with Crippen LogP contribution in [0.5, 0.6) is 0 Å². The van der Waals surface area contributed by atoms with E-state index in [9.17, 15) is 5.26 Å². The number of rotatable bonds is 6. The fourth-order valence-corrected chi connectivity index (χ4v) is 3.24. The topological polar surface area (TPSA) is 42.3 Å². The highest BCUT2D eigenvalue weighted by Gasteiger charge is 2.49. The molecule has 1 saturated heterocycles. The zero-order chi connectivity index (χ0) is 13.3. The summed E-state index contributed by atoms with van der Waals surface area (Å²) in [7, 11) is 0. The molecule has 3 aliphatic rings. The van der Waals surface area contributed by atoms with Crippen molar-refractivity contribution in [3.63, 3.8) is 0 Å². The number of nitriles is 1. The summed E-state index contributed by atoms with van der Waals surface area (Å²) in [5, 5.41) is 13.4. The SMILES string of the molecule is CCN1CCN(CC(C#N)(NC2CC2)C2CC2)CC1. The van der Waals surface area contributed by atoms with Crippen molar-refractivity contribution in [3.8, 4) is 6.07 Å². The first kappa shape index (κ1) is 13.4. The van der Waals surface area contributed by atoms with Gasteiger partial charge in [0.2, 0.25) is 0 Å². The predicted molar refractivity (Wildman–Crippen MR) is 75.8 cm³/mol. The summed E-state index contributed by atoms with van der Waals surface area (Å²) < 4.78 is 0. The van der Waals surface area contributed by atoms with Gasteiger partial charge in [-0.05, 0) is 38.1 Å². The number of hydrogen-bond donors (Lipinski definition) is 1. The molecule has 0 spiro atoms. The zero-order valence-electron chi connectivity index (χ0n) is 12.1. The van der Waals surface area contributed by atoms with Gasteiger partial charge in [0.1, 0.15) is 5.54 Å². The molecule has 2 saturated carbocycles. The Morgan fingerprint density at radius 3 is 2.21 bits per heavy atom. The number of hydrogen-bond acceptors (Lipinski definition) is 4. The lowest BCUT2D eigenvalue weighted by Gasteiger charge is -2.39. The van der Waals surface area contributed by atoms with Crippen LogP contribution >= 0.6 is 0 Å². The molecule has 106 valence electrons. The van der Waals surface area contributed by atoms with E-state index >= 15 is 0 Å². The van der Waals surface area contributed by atoms with Crippen LogP contribution in [-0.2, 0) is 0 Å². The second-order valence-electron chi connectivity index (χ2n) is 6.49. The Balaban J connectivity index is 1.59. The first-order chi connectivity index (χ1) is 9.25. The van der Waals surface area contributed by atoms with E-state index in [0.29, 0.717) is 12.0 Å². The molecule has 0 aromatic carbocycles. The summed E-state index contributed by atoms with van der Waals surface area (Å²) in [6, 6.07) is 3.28. The monoisotopic (exact) mass is 262 g/mol. The number of nitrogens with one attached hydrogen (secondary N) is 1. The van der Waals surface area contributed by atoms with E-state index in [1.54, 1.807) is 0 Å². The molecule has 2 aliphatic carbocycles. The van der Waals surface area contributed by atoms with Gasteiger partial charge >= 0.3 is 0 Å². The lowest BCUT2D eigenvalue weighted by atomic mass is 9.93. The average molecular weight is 262 g/mol. The van der Waals surface area contributed by atoms with Crippen LogP contribution in [0.15, 0.2) is 0 Å². The van der Waals surface area contributed by atoms with Crippen LogP contribution in [0.3, 0.4) is 0 Å². The fourth-order valence-electron chi connectivity index (χ4n) is 3.24. The average Bonchev–Trinajstić information content (AvgIpc) is 3.31. The molecule has 1 aliphatic heterocycles. The fraction of sp³-hybridized carbons (Fsp3) is 0.933. The largest absolute Gasteiger partial charge is 0.301 e. The lowest BCUT2D eigenvalue weighted by Crippen LogP contribution is -2.58. The highest BCUT2D eigenvalue weighted by Crippen LogP contribution is 2.41. The first-order valence-corrected chi connectivity index (χ1v) is 7.89. The highest BCUT2D eigenvalue weighted by molar-refractivity contribution is 5.18. The van der Waals surface area contributed by atoms with Crippen LogP contribution in [0.25, 0.3) is 0 Å². The minimum atomic E-state index is -0.254. The predicted octanol–water partition coefficient (Wildman–Crippen LogP) is 1.05. The number of piperazine rings is 1. The molecular weight excluding hydrogens is 236 g/mol. The van der Waals surface area contributed by atoms with Crippen molar-refractivity contribution >= 4 is 0 Å². The van der Waals surface area contributed by atoms with E-state index in [-0.39, 0.29) is 5.54 Å². The van der Waals surface area contributed by atoms with E-state index in [1.807, 2.05) is 0 Å². The van der Waals surface area contributed by atoms with Crippen molar-refractivity contribution in [1.29, 1.82) is 5.26 Å². The van der Waals surface area contributed by atoms with Gasteiger partial charge < -0.3 is 4.90 Å². The Hall–Kier alpha value is -0.630. The molecule has 3 rings (SSSR count). The molecule has 3 fully saturated rings. The number of nitrogens with zero attached hydrogens (tertiary/aromatic N) is 3. The van der Waals surface area contributed by atoms with Gasteiger partial charge in [-0.15, -0.1) is 0 Å². The molecular formula is C15H26N4. The van der Waals surface area contributed by atoms with Gasteiger partial charge in [0, 0.05) is 38.8 Å². The van der Waals surface area contributed by atoms with Crippen LogP contribution in [0.1, 0.15) is 32.6 Å². The summed E-state index contributed by atoms with van der Waals surface area (Å²) in [4.78, 5) is 5.00. The molecule has 4 heteroatoms. The maximum absolute atomic E-state index is 9.74. The van der Waals surface area contributed by atoms with Crippen molar-refractivity contribution in [2.75, 3.05) is 39.3 Å². The maximum atomic E-state index is 9.74. The molecule has 1 N–H and O–H groups in total. The molecule has 0 amide bonds. The van der Waals surface area contributed by atoms with E-state index in [1.165, 1.54) is 25.7 Å². The summed E-state index contributed by atoms with van der Waals surface area (Å²) in [6.45, 7) is 8.88. The Morgan fingerprint density at radius 2 is 1.74 bits per heavy atom. The molecule has 19 heavy (non-hydrogen) atoms. The van der Waals surface area contributed by atoms with Gasteiger partial charge in [-0.1, -0.05) is 6.92 Å². The Morgan fingerprint density at radius 1 is 1.11 bits per heavy atom. The van der Waals surface area contributed by atoms with E-state index < -0.39 is 0 Å².